The van der Waals surface area contributed by atoms with E-state index in [2.05, 4.69) is 35.0 Å². The number of nitrogens with one attached hydrogen (secondary N) is 1. The number of anilines is 1. The molecule has 1 aromatic heterocycles. The van der Waals surface area contributed by atoms with Crippen LogP contribution in [0.15, 0.2) is 66.9 Å². The molecule has 0 bridgehead atoms. The van der Waals surface area contributed by atoms with Gasteiger partial charge in [0.1, 0.15) is 0 Å². The van der Waals surface area contributed by atoms with Crippen molar-refractivity contribution < 1.29 is 14.3 Å². The molecule has 3 aromatic carbocycles. The largest absolute Gasteiger partial charge is 0.415 e. The minimum Gasteiger partial charge on any atom is -0.408 e. The second kappa shape index (κ2) is 11.1. The third kappa shape index (κ3) is 5.50. The Morgan fingerprint density at radius 2 is 1.75 bits per heavy atom. The Kier molecular flexibility index (Phi) is 7.87. The van der Waals surface area contributed by atoms with E-state index in [0.717, 1.165) is 16.5 Å². The van der Waals surface area contributed by atoms with Crippen molar-refractivity contribution in [3.8, 4) is 5.75 Å². The second-order valence-corrected chi connectivity index (χ2v) is 9.24. The fourth-order valence-corrected chi connectivity index (χ4v) is 4.37. The number of aryl methyl sites for hydroxylation is 1. The van der Waals surface area contributed by atoms with Crippen LogP contribution in [0, 0.1) is 6.92 Å². The van der Waals surface area contributed by atoms with Crippen LogP contribution in [0.1, 0.15) is 35.3 Å². The number of carbonyl (C=O) groups is 2. The first kappa shape index (κ1) is 25.6. The zero-order valence-electron chi connectivity index (χ0n) is 20.3. The summed E-state index contributed by atoms with van der Waals surface area (Å²) in [6.45, 7) is 7.50. The van der Waals surface area contributed by atoms with Crippen molar-refractivity contribution in [1.82, 2.24) is 9.47 Å². The average Bonchev–Trinajstić information content (AvgIpc) is 3.25. The molecule has 4 aromatic rings. The fraction of sp³-hybridized carbons (Fsp3) is 0.214. The summed E-state index contributed by atoms with van der Waals surface area (Å²) in [6.07, 6.45) is 1.47. The lowest BCUT2D eigenvalue weighted by Gasteiger charge is -2.20. The molecule has 0 fully saturated rings. The van der Waals surface area contributed by atoms with Crippen molar-refractivity contribution in [3.05, 3.63) is 93.6 Å². The van der Waals surface area contributed by atoms with E-state index in [-0.39, 0.29) is 10.8 Å². The molecular weight excluding hydrogens is 497 g/mol. The van der Waals surface area contributed by atoms with E-state index >= 15 is 0 Å². The number of aromatic nitrogens is 1. The summed E-state index contributed by atoms with van der Waals surface area (Å²) < 4.78 is 7.83. The molecule has 0 aliphatic carbocycles. The van der Waals surface area contributed by atoms with Crippen LogP contribution in [0.3, 0.4) is 0 Å². The molecular formula is C28H27Cl2N3O3. The molecule has 0 radical (unpaired) electrons. The van der Waals surface area contributed by atoms with Crippen LogP contribution in [0.4, 0.5) is 10.5 Å². The van der Waals surface area contributed by atoms with Crippen molar-refractivity contribution >= 4 is 51.8 Å². The summed E-state index contributed by atoms with van der Waals surface area (Å²) in [7, 11) is 0. The summed E-state index contributed by atoms with van der Waals surface area (Å²) in [5.74, 6) is -0.131. The van der Waals surface area contributed by atoms with Crippen LogP contribution in [-0.4, -0.2) is 34.6 Å². The van der Waals surface area contributed by atoms with Gasteiger partial charge in [0.2, 0.25) is 0 Å². The standard InChI is InChI=1S/C28H27Cl2N3O3/c1-4-32(5-2)28(35)36-25-12-11-24-21(13-14-33(24)17-19-8-6-7-18(3)15-19)26(25)31-27(34)20-9-10-22(29)23(30)16-20/h6-16H,4-5,17H2,1-3H3,(H,31,34). The average molecular weight is 524 g/mol. The number of benzene rings is 3. The molecule has 0 aliphatic rings. The van der Waals surface area contributed by atoms with Gasteiger partial charge in [-0.05, 0) is 62.7 Å². The lowest BCUT2D eigenvalue weighted by atomic mass is 10.1. The fourth-order valence-electron chi connectivity index (χ4n) is 4.08. The van der Waals surface area contributed by atoms with E-state index in [4.69, 9.17) is 27.9 Å². The third-order valence-corrected chi connectivity index (χ3v) is 6.73. The predicted octanol–water partition coefficient (Wildman–Crippen LogP) is 7.40. The quantitative estimate of drug-likeness (QED) is 0.274. The van der Waals surface area contributed by atoms with Gasteiger partial charge in [-0.2, -0.15) is 0 Å². The summed E-state index contributed by atoms with van der Waals surface area (Å²) in [5.41, 5.74) is 3.98. The number of nitrogens with zero attached hydrogens (tertiary/aromatic N) is 2. The van der Waals surface area contributed by atoms with Crippen LogP contribution in [0.2, 0.25) is 10.0 Å². The van der Waals surface area contributed by atoms with Gasteiger partial charge in [0.05, 0.1) is 21.2 Å². The highest BCUT2D eigenvalue weighted by atomic mass is 35.5. The Balaban J connectivity index is 1.74. The summed E-state index contributed by atoms with van der Waals surface area (Å²) in [5, 5.41) is 4.32. The highest BCUT2D eigenvalue weighted by Crippen LogP contribution is 2.35. The monoisotopic (exact) mass is 523 g/mol. The molecule has 186 valence electrons. The smallest absolute Gasteiger partial charge is 0.408 e. The molecule has 0 aliphatic heterocycles. The highest BCUT2D eigenvalue weighted by Gasteiger charge is 2.20. The molecule has 1 heterocycles. The van der Waals surface area contributed by atoms with Crippen LogP contribution < -0.4 is 10.1 Å². The van der Waals surface area contributed by atoms with Crippen LogP contribution in [0.25, 0.3) is 10.9 Å². The van der Waals surface area contributed by atoms with Gasteiger partial charge in [-0.1, -0.05) is 53.0 Å². The molecule has 1 N–H and O–H groups in total. The van der Waals surface area contributed by atoms with E-state index < -0.39 is 12.0 Å². The summed E-state index contributed by atoms with van der Waals surface area (Å²) in [4.78, 5) is 27.5. The van der Waals surface area contributed by atoms with Crippen molar-refractivity contribution in [1.29, 1.82) is 0 Å². The number of fused-ring (bicyclic) bond motifs is 1. The van der Waals surface area contributed by atoms with E-state index in [9.17, 15) is 9.59 Å². The lowest BCUT2D eigenvalue weighted by Crippen LogP contribution is -2.33. The molecule has 0 saturated heterocycles. The Morgan fingerprint density at radius 1 is 0.972 bits per heavy atom. The number of ether oxygens (including phenoxy) is 1. The number of carbonyl (C=O) groups excluding carboxylic acids is 2. The Labute approximate surface area is 220 Å². The first-order chi connectivity index (χ1) is 17.3. The van der Waals surface area contributed by atoms with Gasteiger partial charge < -0.3 is 19.5 Å². The zero-order chi connectivity index (χ0) is 25.8. The number of hydrogen-bond donors (Lipinski definition) is 1. The summed E-state index contributed by atoms with van der Waals surface area (Å²) in [6, 6.07) is 18.5. The molecule has 0 saturated carbocycles. The van der Waals surface area contributed by atoms with E-state index in [0.29, 0.717) is 35.9 Å². The Morgan fingerprint density at radius 3 is 2.44 bits per heavy atom. The van der Waals surface area contributed by atoms with E-state index in [1.165, 1.54) is 11.6 Å². The first-order valence-electron chi connectivity index (χ1n) is 11.7. The number of hydrogen-bond acceptors (Lipinski definition) is 3. The van der Waals surface area contributed by atoms with Gasteiger partial charge >= 0.3 is 6.09 Å². The highest BCUT2D eigenvalue weighted by molar-refractivity contribution is 6.42. The maximum absolute atomic E-state index is 13.2. The molecule has 8 heteroatoms. The minimum atomic E-state index is -0.483. The number of halogens is 2. The van der Waals surface area contributed by atoms with Crippen molar-refractivity contribution in [2.24, 2.45) is 0 Å². The lowest BCUT2D eigenvalue weighted by molar-refractivity contribution is 0.102. The molecule has 36 heavy (non-hydrogen) atoms. The number of rotatable bonds is 7. The van der Waals surface area contributed by atoms with E-state index in [1.807, 2.05) is 38.2 Å². The second-order valence-electron chi connectivity index (χ2n) is 8.43. The molecule has 2 amide bonds. The maximum atomic E-state index is 13.2. The van der Waals surface area contributed by atoms with Gasteiger partial charge in [-0.3, -0.25) is 4.79 Å². The van der Waals surface area contributed by atoms with Crippen LogP contribution in [-0.2, 0) is 6.54 Å². The summed E-state index contributed by atoms with van der Waals surface area (Å²) >= 11 is 12.1. The predicted molar refractivity (Wildman–Crippen MR) is 146 cm³/mol. The maximum Gasteiger partial charge on any atom is 0.415 e. The SMILES string of the molecule is CCN(CC)C(=O)Oc1ccc2c(ccn2Cc2cccc(C)c2)c1NC(=O)c1ccc(Cl)c(Cl)c1. The van der Waals surface area contributed by atoms with Crippen molar-refractivity contribution in [2.75, 3.05) is 18.4 Å². The Hall–Kier alpha value is -3.48. The topological polar surface area (TPSA) is 63.6 Å². The van der Waals surface area contributed by atoms with E-state index in [1.54, 1.807) is 23.1 Å². The first-order valence-corrected chi connectivity index (χ1v) is 12.5. The molecule has 0 spiro atoms. The van der Waals surface area contributed by atoms with Crippen LogP contribution >= 0.6 is 23.2 Å². The van der Waals surface area contributed by atoms with Gasteiger partial charge in [0.25, 0.3) is 5.91 Å². The molecule has 0 unspecified atom stereocenters. The van der Waals surface area contributed by atoms with Gasteiger partial charge in [-0.15, -0.1) is 0 Å². The molecule has 6 nitrogen and oxygen atoms in total. The third-order valence-electron chi connectivity index (χ3n) is 5.99. The molecule has 0 atom stereocenters. The molecule has 4 rings (SSSR count). The normalized spacial score (nSPS) is 10.9. The zero-order valence-corrected chi connectivity index (χ0v) is 21.9. The minimum absolute atomic E-state index is 0.265. The van der Waals surface area contributed by atoms with Crippen molar-refractivity contribution in [2.45, 2.75) is 27.3 Å². The number of amides is 2. The van der Waals surface area contributed by atoms with Crippen LogP contribution in [0.5, 0.6) is 5.75 Å². The van der Waals surface area contributed by atoms with Gasteiger partial charge in [-0.25, -0.2) is 4.79 Å². The van der Waals surface area contributed by atoms with Crippen molar-refractivity contribution in [3.63, 3.8) is 0 Å². The van der Waals surface area contributed by atoms with Gasteiger partial charge in [0, 0.05) is 36.8 Å². The van der Waals surface area contributed by atoms with Gasteiger partial charge in [0.15, 0.2) is 5.75 Å². The Bertz CT molecular complexity index is 1430.